The zero-order valence-corrected chi connectivity index (χ0v) is 7.90. The molecule has 0 saturated heterocycles. The van der Waals surface area contributed by atoms with Crippen molar-refractivity contribution in [2.75, 3.05) is 11.9 Å². The third-order valence-corrected chi connectivity index (χ3v) is 3.63. The summed E-state index contributed by atoms with van der Waals surface area (Å²) in [5, 5.41) is 3.04. The Labute approximate surface area is 81.1 Å². The van der Waals surface area contributed by atoms with Crippen molar-refractivity contribution in [1.82, 2.24) is 0 Å². The van der Waals surface area contributed by atoms with Gasteiger partial charge < -0.3 is 5.32 Å². The normalized spacial score (nSPS) is 32.9. The van der Waals surface area contributed by atoms with Gasteiger partial charge in [-0.05, 0) is 24.0 Å². The fraction of sp³-hybridized carbons (Fsp3) is 0.455. The molecule has 0 bridgehead atoms. The van der Waals surface area contributed by atoms with Crippen molar-refractivity contribution in [3.05, 3.63) is 29.3 Å². The predicted octanol–water partition coefficient (Wildman–Crippen LogP) is 2.67. The topological polar surface area (TPSA) is 12.0 Å². The molecule has 1 N–H and O–H groups in total. The Balaban J connectivity index is 2.20. The highest BCUT2D eigenvalue weighted by Crippen LogP contribution is 2.59. The molecule has 1 fully saturated rings. The van der Waals surface area contributed by atoms with Crippen LogP contribution in [0.3, 0.4) is 0 Å². The van der Waals surface area contributed by atoms with Crippen LogP contribution >= 0.6 is 0 Å². The maximum Gasteiger partial charge on any atom is 0.149 e. The first kappa shape index (κ1) is 8.21. The molecule has 1 aromatic rings. The van der Waals surface area contributed by atoms with Gasteiger partial charge in [0.25, 0.3) is 0 Å². The minimum Gasteiger partial charge on any atom is -0.382 e. The summed E-state index contributed by atoms with van der Waals surface area (Å²) in [5.41, 5.74) is 1.37. The second-order valence-electron chi connectivity index (χ2n) is 4.43. The van der Waals surface area contributed by atoms with Gasteiger partial charge in [0.2, 0.25) is 0 Å². The quantitative estimate of drug-likeness (QED) is 0.671. The minimum absolute atomic E-state index is 0.0261. The average Bonchev–Trinajstić information content (AvgIpc) is 2.59. The van der Waals surface area contributed by atoms with Gasteiger partial charge in [0, 0.05) is 18.0 Å². The Morgan fingerprint density at radius 2 is 2.14 bits per heavy atom. The number of rotatable bonds is 0. The monoisotopic (exact) mass is 195 g/mol. The molecule has 3 rings (SSSR count). The molecular weight excluding hydrogens is 184 g/mol. The summed E-state index contributed by atoms with van der Waals surface area (Å²) in [7, 11) is 0. The number of nitrogens with one attached hydrogen (secondary N) is 1. The van der Waals surface area contributed by atoms with Crippen LogP contribution in [0.5, 0.6) is 0 Å². The van der Waals surface area contributed by atoms with Crippen LogP contribution in [-0.4, -0.2) is 6.54 Å². The molecule has 1 aliphatic heterocycles. The van der Waals surface area contributed by atoms with E-state index < -0.39 is 11.6 Å². The van der Waals surface area contributed by atoms with Gasteiger partial charge in [-0.2, -0.15) is 0 Å². The summed E-state index contributed by atoms with van der Waals surface area (Å²) < 4.78 is 26.4. The number of hydrogen-bond donors (Lipinski definition) is 1. The minimum atomic E-state index is -0.469. The molecular formula is C11H11F2N. The number of fused-ring (bicyclic) bond motifs is 2. The summed E-state index contributed by atoms with van der Waals surface area (Å²) in [4.78, 5) is 0. The van der Waals surface area contributed by atoms with Gasteiger partial charge in [-0.25, -0.2) is 8.78 Å². The molecule has 1 aromatic carbocycles. The van der Waals surface area contributed by atoms with E-state index in [0.717, 1.165) is 24.6 Å². The molecule has 0 amide bonds. The summed E-state index contributed by atoms with van der Waals surface area (Å²) in [6.07, 6.45) is 1.04. The third kappa shape index (κ3) is 0.825. The molecule has 14 heavy (non-hydrogen) atoms. The van der Waals surface area contributed by atoms with E-state index in [4.69, 9.17) is 0 Å². The van der Waals surface area contributed by atoms with E-state index in [1.807, 2.05) is 0 Å². The van der Waals surface area contributed by atoms with Crippen LogP contribution in [-0.2, 0) is 5.41 Å². The van der Waals surface area contributed by atoms with Gasteiger partial charge in [0.05, 0.1) is 5.69 Å². The Morgan fingerprint density at radius 3 is 2.79 bits per heavy atom. The molecule has 2 aliphatic rings. The number of anilines is 1. The highest BCUT2D eigenvalue weighted by molar-refractivity contribution is 5.64. The van der Waals surface area contributed by atoms with E-state index in [2.05, 4.69) is 12.2 Å². The molecule has 3 heteroatoms. The second-order valence-corrected chi connectivity index (χ2v) is 4.43. The summed E-state index contributed by atoms with van der Waals surface area (Å²) in [6.45, 7) is 2.88. The first-order valence-corrected chi connectivity index (χ1v) is 4.87. The highest BCUT2D eigenvalue weighted by atomic mass is 19.1. The van der Waals surface area contributed by atoms with Crippen LogP contribution in [0.15, 0.2) is 12.1 Å². The summed E-state index contributed by atoms with van der Waals surface area (Å²) >= 11 is 0. The van der Waals surface area contributed by atoms with Gasteiger partial charge in [-0.3, -0.25) is 0 Å². The molecule has 74 valence electrons. The SMILES string of the molecule is CC1CC12CNc1c(F)cc(F)cc12. The first-order chi connectivity index (χ1) is 6.63. The van der Waals surface area contributed by atoms with Crippen LogP contribution < -0.4 is 5.32 Å². The lowest BCUT2D eigenvalue weighted by Gasteiger charge is -2.07. The number of halogens is 2. The zero-order valence-electron chi connectivity index (χ0n) is 7.90. The predicted molar refractivity (Wildman–Crippen MR) is 50.3 cm³/mol. The van der Waals surface area contributed by atoms with E-state index in [0.29, 0.717) is 11.6 Å². The second kappa shape index (κ2) is 2.27. The zero-order chi connectivity index (χ0) is 9.92. The molecule has 2 atom stereocenters. The highest BCUT2D eigenvalue weighted by Gasteiger charge is 2.56. The van der Waals surface area contributed by atoms with Crippen molar-refractivity contribution in [2.45, 2.75) is 18.8 Å². The first-order valence-electron chi connectivity index (χ1n) is 4.87. The Morgan fingerprint density at radius 1 is 1.43 bits per heavy atom. The summed E-state index contributed by atoms with van der Waals surface area (Å²) in [6, 6.07) is 2.42. The lowest BCUT2D eigenvalue weighted by molar-refractivity contribution is 0.581. The molecule has 1 aliphatic carbocycles. The molecule has 1 nitrogen and oxygen atoms in total. The van der Waals surface area contributed by atoms with Gasteiger partial charge in [-0.15, -0.1) is 0 Å². The molecule has 1 heterocycles. The van der Waals surface area contributed by atoms with Gasteiger partial charge >= 0.3 is 0 Å². The van der Waals surface area contributed by atoms with Crippen LogP contribution in [0.1, 0.15) is 18.9 Å². The van der Waals surface area contributed by atoms with Gasteiger partial charge in [-0.1, -0.05) is 6.92 Å². The van der Waals surface area contributed by atoms with E-state index in [1.54, 1.807) is 0 Å². The van der Waals surface area contributed by atoms with Crippen LogP contribution in [0.4, 0.5) is 14.5 Å². The van der Waals surface area contributed by atoms with Crippen LogP contribution in [0.25, 0.3) is 0 Å². The molecule has 2 unspecified atom stereocenters. The summed E-state index contributed by atoms with van der Waals surface area (Å²) in [5.74, 6) is -0.392. The van der Waals surface area contributed by atoms with E-state index in [1.165, 1.54) is 6.07 Å². The standard InChI is InChI=1S/C11H11F2N/c1-6-4-11(6)5-14-10-8(11)2-7(12)3-9(10)13/h2-3,6,14H,4-5H2,1H3. The number of hydrogen-bond acceptors (Lipinski definition) is 1. The maximum atomic E-state index is 13.3. The van der Waals surface area contributed by atoms with E-state index in [9.17, 15) is 8.78 Å². The molecule has 0 aromatic heterocycles. The average molecular weight is 195 g/mol. The third-order valence-electron chi connectivity index (χ3n) is 3.63. The van der Waals surface area contributed by atoms with Crippen molar-refractivity contribution >= 4 is 5.69 Å². The largest absolute Gasteiger partial charge is 0.382 e. The van der Waals surface area contributed by atoms with E-state index in [-0.39, 0.29) is 5.41 Å². The lowest BCUT2D eigenvalue weighted by atomic mass is 9.96. The fourth-order valence-electron chi connectivity index (χ4n) is 2.60. The fourth-order valence-corrected chi connectivity index (χ4v) is 2.60. The van der Waals surface area contributed by atoms with E-state index >= 15 is 0 Å². The van der Waals surface area contributed by atoms with Crippen molar-refractivity contribution in [3.8, 4) is 0 Å². The Kier molecular flexibility index (Phi) is 1.33. The smallest absolute Gasteiger partial charge is 0.149 e. The Bertz CT molecular complexity index is 416. The maximum absolute atomic E-state index is 13.3. The lowest BCUT2D eigenvalue weighted by Crippen LogP contribution is -2.11. The van der Waals surface area contributed by atoms with Crippen molar-refractivity contribution < 1.29 is 8.78 Å². The van der Waals surface area contributed by atoms with Gasteiger partial charge in [0.1, 0.15) is 11.6 Å². The number of benzene rings is 1. The van der Waals surface area contributed by atoms with Gasteiger partial charge in [0.15, 0.2) is 0 Å². The Hall–Kier alpha value is -1.12. The van der Waals surface area contributed by atoms with Crippen molar-refractivity contribution in [2.24, 2.45) is 5.92 Å². The molecule has 1 saturated carbocycles. The van der Waals surface area contributed by atoms with Crippen LogP contribution in [0.2, 0.25) is 0 Å². The van der Waals surface area contributed by atoms with Crippen LogP contribution in [0, 0.1) is 17.6 Å². The van der Waals surface area contributed by atoms with Crippen molar-refractivity contribution in [1.29, 1.82) is 0 Å². The molecule has 1 spiro atoms. The molecule has 0 radical (unpaired) electrons. The van der Waals surface area contributed by atoms with Crippen molar-refractivity contribution in [3.63, 3.8) is 0 Å².